The number of sulfonamides is 1. The van der Waals surface area contributed by atoms with Crippen LogP contribution in [0, 0.1) is 6.92 Å². The van der Waals surface area contributed by atoms with E-state index < -0.39 is 21.7 Å². The molecule has 1 N–H and O–H groups in total. The fourth-order valence-electron chi connectivity index (χ4n) is 4.49. The van der Waals surface area contributed by atoms with Crippen molar-refractivity contribution in [1.29, 1.82) is 0 Å². The minimum atomic E-state index is -3.25. The van der Waals surface area contributed by atoms with Gasteiger partial charge in [0.05, 0.1) is 6.26 Å². The first-order valence-corrected chi connectivity index (χ1v) is 12.9. The zero-order valence-corrected chi connectivity index (χ0v) is 19.9. The third kappa shape index (κ3) is 4.94. The number of hydrogen-bond acceptors (Lipinski definition) is 3. The number of fused-ring (bicyclic) bond motifs is 1. The van der Waals surface area contributed by atoms with Crippen LogP contribution in [0.15, 0.2) is 65.8 Å². The van der Waals surface area contributed by atoms with Crippen molar-refractivity contribution < 1.29 is 17.2 Å². The molecule has 1 aliphatic heterocycles. The maximum Gasteiger partial charge on any atom is 0.211 e. The van der Waals surface area contributed by atoms with E-state index >= 15 is 4.39 Å². The second-order valence-electron chi connectivity index (χ2n) is 8.56. The molecule has 7 heteroatoms. The molecule has 33 heavy (non-hydrogen) atoms. The van der Waals surface area contributed by atoms with Crippen molar-refractivity contribution in [2.24, 2.45) is 0 Å². The molecule has 0 fully saturated rings. The SMILES string of the molecule is CCC1=C(c2cc(Nc3cccc4c3CCN(S(C)(=O)=O)C4)ccc2C)C(F)=CC(F)=CC1. The maximum atomic E-state index is 15.0. The van der Waals surface area contributed by atoms with Crippen LogP contribution in [0.3, 0.4) is 0 Å². The van der Waals surface area contributed by atoms with Crippen LogP contribution in [-0.2, 0) is 23.0 Å². The Morgan fingerprint density at radius 1 is 1.15 bits per heavy atom. The van der Waals surface area contributed by atoms with E-state index in [9.17, 15) is 12.8 Å². The lowest BCUT2D eigenvalue weighted by Crippen LogP contribution is -2.35. The van der Waals surface area contributed by atoms with Crippen LogP contribution in [0.5, 0.6) is 0 Å². The average molecular weight is 471 g/mol. The molecule has 1 aliphatic carbocycles. The van der Waals surface area contributed by atoms with E-state index in [0.717, 1.165) is 45.3 Å². The zero-order chi connectivity index (χ0) is 23.8. The summed E-state index contributed by atoms with van der Waals surface area (Å²) in [7, 11) is -3.25. The molecule has 2 aromatic carbocycles. The minimum Gasteiger partial charge on any atom is -0.355 e. The Balaban J connectivity index is 1.70. The van der Waals surface area contributed by atoms with Crippen molar-refractivity contribution in [3.63, 3.8) is 0 Å². The van der Waals surface area contributed by atoms with Crippen LogP contribution < -0.4 is 5.32 Å². The van der Waals surface area contributed by atoms with E-state index in [4.69, 9.17) is 0 Å². The number of nitrogens with one attached hydrogen (secondary N) is 1. The molecule has 4 nitrogen and oxygen atoms in total. The summed E-state index contributed by atoms with van der Waals surface area (Å²) in [5, 5.41) is 3.44. The Morgan fingerprint density at radius 3 is 2.67 bits per heavy atom. The van der Waals surface area contributed by atoms with Gasteiger partial charge in [-0.15, -0.1) is 0 Å². The maximum absolute atomic E-state index is 15.0. The van der Waals surface area contributed by atoms with Crippen LogP contribution in [0.2, 0.25) is 0 Å². The summed E-state index contributed by atoms with van der Waals surface area (Å²) in [5.41, 5.74) is 6.72. The van der Waals surface area contributed by atoms with Gasteiger partial charge in [0, 0.05) is 36.1 Å². The first kappa shape index (κ1) is 23.4. The molecule has 1 heterocycles. The molecule has 4 rings (SSSR count). The monoisotopic (exact) mass is 470 g/mol. The topological polar surface area (TPSA) is 49.4 Å². The van der Waals surface area contributed by atoms with Gasteiger partial charge in [-0.05, 0) is 72.7 Å². The highest BCUT2D eigenvalue weighted by atomic mass is 32.2. The van der Waals surface area contributed by atoms with Crippen molar-refractivity contribution in [2.75, 3.05) is 18.1 Å². The number of rotatable bonds is 5. The Morgan fingerprint density at radius 2 is 1.94 bits per heavy atom. The molecular formula is C26H28F2N2O2S. The summed E-state index contributed by atoms with van der Waals surface area (Å²) in [6.07, 6.45) is 5.22. The molecule has 0 saturated heterocycles. The lowest BCUT2D eigenvalue weighted by Gasteiger charge is -2.28. The zero-order valence-electron chi connectivity index (χ0n) is 19.1. The van der Waals surface area contributed by atoms with E-state index in [1.54, 1.807) is 0 Å². The standard InChI is InChI=1S/C26H28F2N2O2S/c1-4-18-9-10-20(27)14-24(28)26(18)23-15-21(11-8-17(23)2)29-25-7-5-6-19-16-30(33(3,31)32)13-12-22(19)25/h5-8,10-11,14-15,29H,4,9,12-13,16H2,1-3H3. The largest absolute Gasteiger partial charge is 0.355 e. The summed E-state index contributed by atoms with van der Waals surface area (Å²) in [5.74, 6) is -1.12. The molecule has 0 radical (unpaired) electrons. The molecule has 2 aromatic rings. The highest BCUT2D eigenvalue weighted by Gasteiger charge is 2.25. The third-order valence-electron chi connectivity index (χ3n) is 6.31. The van der Waals surface area contributed by atoms with Gasteiger partial charge in [-0.25, -0.2) is 17.2 Å². The first-order chi connectivity index (χ1) is 15.7. The molecule has 0 amide bonds. The molecule has 0 aromatic heterocycles. The minimum absolute atomic E-state index is 0.351. The molecule has 0 unspecified atom stereocenters. The van der Waals surface area contributed by atoms with Gasteiger partial charge in [0.2, 0.25) is 10.0 Å². The fourth-order valence-corrected chi connectivity index (χ4v) is 5.29. The van der Waals surface area contributed by atoms with E-state index in [1.165, 1.54) is 16.6 Å². The fraction of sp³-hybridized carbons (Fsp3) is 0.308. The molecule has 0 saturated carbocycles. The number of allylic oxidation sites excluding steroid dienone is 6. The highest BCUT2D eigenvalue weighted by Crippen LogP contribution is 2.38. The number of nitrogens with zero attached hydrogens (tertiary/aromatic N) is 1. The number of hydrogen-bond donors (Lipinski definition) is 1. The number of aryl methyl sites for hydroxylation is 1. The highest BCUT2D eigenvalue weighted by molar-refractivity contribution is 7.88. The summed E-state index contributed by atoms with van der Waals surface area (Å²) >= 11 is 0. The van der Waals surface area contributed by atoms with Gasteiger partial charge in [0.25, 0.3) is 0 Å². The average Bonchev–Trinajstić information content (AvgIpc) is 2.91. The van der Waals surface area contributed by atoms with Crippen molar-refractivity contribution >= 4 is 27.0 Å². The van der Waals surface area contributed by atoms with Crippen LogP contribution in [0.1, 0.15) is 42.0 Å². The molecule has 0 atom stereocenters. The third-order valence-corrected chi connectivity index (χ3v) is 7.56. The van der Waals surface area contributed by atoms with E-state index in [-0.39, 0.29) is 0 Å². The van der Waals surface area contributed by atoms with Crippen molar-refractivity contribution in [3.8, 4) is 0 Å². The second kappa shape index (κ2) is 9.23. The van der Waals surface area contributed by atoms with Gasteiger partial charge in [-0.2, -0.15) is 4.31 Å². The Labute approximate surface area is 194 Å². The van der Waals surface area contributed by atoms with Gasteiger partial charge in [0.1, 0.15) is 11.7 Å². The van der Waals surface area contributed by atoms with Gasteiger partial charge in [-0.3, -0.25) is 0 Å². The second-order valence-corrected chi connectivity index (χ2v) is 10.5. The first-order valence-electron chi connectivity index (χ1n) is 11.1. The van der Waals surface area contributed by atoms with E-state index in [2.05, 4.69) is 5.32 Å². The summed E-state index contributed by atoms with van der Waals surface area (Å²) in [6.45, 7) is 4.66. The van der Waals surface area contributed by atoms with Crippen molar-refractivity contribution in [1.82, 2.24) is 4.31 Å². The van der Waals surface area contributed by atoms with Crippen molar-refractivity contribution in [3.05, 3.63) is 88.0 Å². The number of benzene rings is 2. The Kier molecular flexibility index (Phi) is 6.54. The van der Waals surface area contributed by atoms with E-state index in [0.29, 0.717) is 37.9 Å². The normalized spacial score (nSPS) is 17.2. The number of halogens is 2. The van der Waals surface area contributed by atoms with Gasteiger partial charge >= 0.3 is 0 Å². The molecular weight excluding hydrogens is 442 g/mol. The predicted octanol–water partition coefficient (Wildman–Crippen LogP) is 6.33. The van der Waals surface area contributed by atoms with Crippen molar-refractivity contribution in [2.45, 2.75) is 39.7 Å². The van der Waals surface area contributed by atoms with Gasteiger partial charge < -0.3 is 5.32 Å². The van der Waals surface area contributed by atoms with Crippen LogP contribution in [-0.4, -0.2) is 25.5 Å². The van der Waals surface area contributed by atoms with Crippen LogP contribution in [0.25, 0.3) is 5.57 Å². The van der Waals surface area contributed by atoms with E-state index in [1.807, 2.05) is 50.2 Å². The summed E-state index contributed by atoms with van der Waals surface area (Å²) in [4.78, 5) is 0. The Hall–Kier alpha value is -2.77. The smallest absolute Gasteiger partial charge is 0.211 e. The summed E-state index contributed by atoms with van der Waals surface area (Å²) < 4.78 is 54.3. The lowest BCUT2D eigenvalue weighted by molar-refractivity contribution is 0.395. The van der Waals surface area contributed by atoms with Gasteiger partial charge in [-0.1, -0.05) is 30.7 Å². The molecule has 174 valence electrons. The lowest BCUT2D eigenvalue weighted by atomic mass is 9.92. The van der Waals surface area contributed by atoms with Crippen LogP contribution >= 0.6 is 0 Å². The predicted molar refractivity (Wildman–Crippen MR) is 130 cm³/mol. The summed E-state index contributed by atoms with van der Waals surface area (Å²) in [6, 6.07) is 11.6. The number of anilines is 2. The van der Waals surface area contributed by atoms with Crippen LogP contribution in [0.4, 0.5) is 20.2 Å². The molecule has 2 aliphatic rings. The Bertz CT molecular complexity index is 1290. The quantitative estimate of drug-likeness (QED) is 0.555. The molecule has 0 spiro atoms. The molecule has 0 bridgehead atoms. The van der Waals surface area contributed by atoms with Gasteiger partial charge in [0.15, 0.2) is 0 Å².